The van der Waals surface area contributed by atoms with Gasteiger partial charge in [0.1, 0.15) is 0 Å². The molecule has 0 fully saturated rings. The van der Waals surface area contributed by atoms with Crippen molar-refractivity contribution in [3.63, 3.8) is 0 Å². The van der Waals surface area contributed by atoms with Crippen LogP contribution in [0.5, 0.6) is 0 Å². The molecule has 0 amide bonds. The van der Waals surface area contributed by atoms with Gasteiger partial charge in [0.25, 0.3) is 0 Å². The average Bonchev–Trinajstić information content (AvgIpc) is 2.73. The van der Waals surface area contributed by atoms with Crippen LogP contribution in [0.3, 0.4) is 0 Å². The lowest BCUT2D eigenvalue weighted by Crippen LogP contribution is -2.35. The largest absolute Gasteiger partial charge is 0.308 e. The van der Waals surface area contributed by atoms with Gasteiger partial charge in [-0.25, -0.2) is 0 Å². The summed E-state index contributed by atoms with van der Waals surface area (Å²) < 4.78 is 1.99. The number of nitrogens with one attached hydrogen (secondary N) is 1. The van der Waals surface area contributed by atoms with Crippen molar-refractivity contribution < 1.29 is 0 Å². The third-order valence-electron chi connectivity index (χ3n) is 3.03. The Kier molecular flexibility index (Phi) is 4.05. The molecule has 1 aromatic carbocycles. The Morgan fingerprint density at radius 1 is 1.11 bits per heavy atom. The first kappa shape index (κ1) is 13.8. The van der Waals surface area contributed by atoms with E-state index in [-0.39, 0.29) is 5.54 Å². The highest BCUT2D eigenvalue weighted by Gasteiger charge is 2.10. The van der Waals surface area contributed by atoms with Crippen LogP contribution in [0.25, 0.3) is 0 Å². The van der Waals surface area contributed by atoms with Crippen LogP contribution in [0.2, 0.25) is 0 Å². The summed E-state index contributed by atoms with van der Waals surface area (Å²) in [5.74, 6) is 0. The van der Waals surface area contributed by atoms with Gasteiger partial charge in [0, 0.05) is 18.3 Å². The van der Waals surface area contributed by atoms with E-state index in [0.29, 0.717) is 0 Å². The summed E-state index contributed by atoms with van der Waals surface area (Å²) in [6.45, 7) is 10.3. The van der Waals surface area contributed by atoms with Crippen LogP contribution in [-0.2, 0) is 13.1 Å². The minimum Gasteiger partial charge on any atom is -0.308 e. The van der Waals surface area contributed by atoms with E-state index in [4.69, 9.17) is 0 Å². The molecule has 3 nitrogen and oxygen atoms in total. The third-order valence-corrected chi connectivity index (χ3v) is 3.03. The Bertz CT molecular complexity index is 535. The van der Waals surface area contributed by atoms with Crippen LogP contribution in [0.4, 0.5) is 0 Å². The summed E-state index contributed by atoms with van der Waals surface area (Å²) >= 11 is 0. The van der Waals surface area contributed by atoms with Gasteiger partial charge in [-0.15, -0.1) is 0 Å². The molecule has 2 rings (SSSR count). The number of hydrogen-bond donors (Lipinski definition) is 1. The number of benzene rings is 1. The number of aryl methyl sites for hydroxylation is 1. The topological polar surface area (TPSA) is 29.9 Å². The quantitative estimate of drug-likeness (QED) is 0.912. The van der Waals surface area contributed by atoms with E-state index < -0.39 is 0 Å². The first-order valence-corrected chi connectivity index (χ1v) is 6.76. The molecular weight excluding hydrogens is 234 g/mol. The van der Waals surface area contributed by atoms with Crippen molar-refractivity contribution in [1.82, 2.24) is 15.1 Å². The summed E-state index contributed by atoms with van der Waals surface area (Å²) in [7, 11) is 0. The standard InChI is InChI=1S/C16H23N3/c1-13-9-10-19(18-13)12-15-8-6-5-7-14(15)11-17-16(2,3)4/h5-10,17H,11-12H2,1-4H3. The summed E-state index contributed by atoms with van der Waals surface area (Å²) in [6.07, 6.45) is 2.03. The lowest BCUT2D eigenvalue weighted by molar-refractivity contribution is 0.423. The van der Waals surface area contributed by atoms with Gasteiger partial charge in [-0.1, -0.05) is 24.3 Å². The monoisotopic (exact) mass is 257 g/mol. The molecule has 0 saturated carbocycles. The SMILES string of the molecule is Cc1ccn(Cc2ccccc2CNC(C)(C)C)n1. The molecule has 0 saturated heterocycles. The van der Waals surface area contributed by atoms with E-state index >= 15 is 0 Å². The summed E-state index contributed by atoms with van der Waals surface area (Å²) in [5.41, 5.74) is 3.85. The van der Waals surface area contributed by atoms with E-state index in [2.05, 4.69) is 55.5 Å². The Labute approximate surface area is 115 Å². The van der Waals surface area contributed by atoms with Crippen LogP contribution < -0.4 is 5.32 Å². The van der Waals surface area contributed by atoms with Gasteiger partial charge in [-0.05, 0) is 44.9 Å². The molecule has 0 unspecified atom stereocenters. The minimum absolute atomic E-state index is 0.134. The van der Waals surface area contributed by atoms with Crippen molar-refractivity contribution in [2.75, 3.05) is 0 Å². The van der Waals surface area contributed by atoms with E-state index in [1.165, 1.54) is 11.1 Å². The smallest absolute Gasteiger partial charge is 0.0662 e. The zero-order valence-electron chi connectivity index (χ0n) is 12.3. The first-order valence-electron chi connectivity index (χ1n) is 6.76. The van der Waals surface area contributed by atoms with Crippen molar-refractivity contribution >= 4 is 0 Å². The fourth-order valence-electron chi connectivity index (χ4n) is 1.97. The van der Waals surface area contributed by atoms with Crippen LogP contribution in [0, 0.1) is 6.92 Å². The third kappa shape index (κ3) is 4.21. The Morgan fingerprint density at radius 2 is 1.79 bits per heavy atom. The molecule has 0 spiro atoms. The van der Waals surface area contributed by atoms with Gasteiger partial charge in [0.2, 0.25) is 0 Å². The Morgan fingerprint density at radius 3 is 2.37 bits per heavy atom. The number of rotatable bonds is 4. The molecule has 0 atom stereocenters. The van der Waals surface area contributed by atoms with E-state index in [9.17, 15) is 0 Å². The molecule has 0 aliphatic heterocycles. The van der Waals surface area contributed by atoms with Gasteiger partial charge in [-0.2, -0.15) is 5.10 Å². The molecule has 1 aromatic heterocycles. The number of aromatic nitrogens is 2. The average molecular weight is 257 g/mol. The molecule has 2 aromatic rings. The van der Waals surface area contributed by atoms with Crippen LogP contribution in [0.1, 0.15) is 37.6 Å². The lowest BCUT2D eigenvalue weighted by atomic mass is 10.0. The number of hydrogen-bond acceptors (Lipinski definition) is 2. The highest BCUT2D eigenvalue weighted by Crippen LogP contribution is 2.12. The summed E-state index contributed by atoms with van der Waals surface area (Å²) in [5, 5.41) is 7.99. The van der Waals surface area contributed by atoms with Crippen LogP contribution in [0.15, 0.2) is 36.5 Å². The second-order valence-electron chi connectivity index (χ2n) is 6.03. The molecule has 0 radical (unpaired) electrons. The summed E-state index contributed by atoms with van der Waals surface area (Å²) in [6, 6.07) is 10.6. The fraction of sp³-hybridized carbons (Fsp3) is 0.438. The van der Waals surface area contributed by atoms with Gasteiger partial charge >= 0.3 is 0 Å². The molecule has 1 N–H and O–H groups in total. The molecule has 1 heterocycles. The maximum atomic E-state index is 4.45. The van der Waals surface area contributed by atoms with Crippen LogP contribution in [-0.4, -0.2) is 15.3 Å². The minimum atomic E-state index is 0.134. The fourth-order valence-corrected chi connectivity index (χ4v) is 1.97. The maximum absolute atomic E-state index is 4.45. The molecule has 3 heteroatoms. The van der Waals surface area contributed by atoms with Crippen molar-refractivity contribution in [3.8, 4) is 0 Å². The van der Waals surface area contributed by atoms with E-state index in [1.807, 2.05) is 23.9 Å². The maximum Gasteiger partial charge on any atom is 0.0662 e. The zero-order chi connectivity index (χ0) is 13.9. The van der Waals surface area contributed by atoms with Crippen LogP contribution >= 0.6 is 0 Å². The molecule has 19 heavy (non-hydrogen) atoms. The Hall–Kier alpha value is -1.61. The zero-order valence-corrected chi connectivity index (χ0v) is 12.3. The summed E-state index contributed by atoms with van der Waals surface area (Å²) in [4.78, 5) is 0. The van der Waals surface area contributed by atoms with Gasteiger partial charge in [-0.3, -0.25) is 4.68 Å². The van der Waals surface area contributed by atoms with Crippen molar-refractivity contribution in [3.05, 3.63) is 53.3 Å². The predicted octanol–water partition coefficient (Wildman–Crippen LogP) is 3.13. The van der Waals surface area contributed by atoms with Gasteiger partial charge in [0.05, 0.1) is 12.2 Å². The van der Waals surface area contributed by atoms with E-state index in [0.717, 1.165) is 18.8 Å². The van der Waals surface area contributed by atoms with Crippen molar-refractivity contribution in [2.45, 2.75) is 46.3 Å². The highest BCUT2D eigenvalue weighted by molar-refractivity contribution is 5.27. The molecule has 0 aliphatic carbocycles. The molecule has 0 aliphatic rings. The molecular formula is C16H23N3. The first-order chi connectivity index (χ1) is 8.94. The predicted molar refractivity (Wildman–Crippen MR) is 79.1 cm³/mol. The Balaban J connectivity index is 2.12. The highest BCUT2D eigenvalue weighted by atomic mass is 15.3. The van der Waals surface area contributed by atoms with E-state index in [1.54, 1.807) is 0 Å². The van der Waals surface area contributed by atoms with Gasteiger partial charge in [0.15, 0.2) is 0 Å². The lowest BCUT2D eigenvalue weighted by Gasteiger charge is -2.21. The number of nitrogens with zero attached hydrogens (tertiary/aromatic N) is 2. The normalized spacial score (nSPS) is 11.8. The molecule has 102 valence electrons. The second kappa shape index (κ2) is 5.57. The molecule has 0 bridgehead atoms. The van der Waals surface area contributed by atoms with Crippen molar-refractivity contribution in [1.29, 1.82) is 0 Å². The van der Waals surface area contributed by atoms with Crippen molar-refractivity contribution in [2.24, 2.45) is 0 Å². The second-order valence-corrected chi connectivity index (χ2v) is 6.03. The van der Waals surface area contributed by atoms with Gasteiger partial charge < -0.3 is 5.32 Å².